The highest BCUT2D eigenvalue weighted by Gasteiger charge is 2.50. The number of nitrogens with two attached hydrogens (primary N) is 1. The highest BCUT2D eigenvalue weighted by atomic mass is 16.4. The number of aliphatic carboxylic acids is 1. The molecule has 124 valence electrons. The standard InChI is InChI=1S/C15H25N3O4/c1-15(2)9-10(15)12(19)18-11(13(20)21)7-5-3-4-6-8-17-14(16)22/h7,10H,3-6,8-9H2,1-2H3,(H,18,19)(H,20,21)(H3,16,17,22)/b11-7+. The van der Waals surface area contributed by atoms with Gasteiger partial charge in [0.25, 0.3) is 0 Å². The maximum atomic E-state index is 11.9. The molecule has 22 heavy (non-hydrogen) atoms. The average Bonchev–Trinajstić information content (AvgIpc) is 3.04. The summed E-state index contributed by atoms with van der Waals surface area (Å²) in [7, 11) is 0. The number of urea groups is 1. The van der Waals surface area contributed by atoms with Crippen LogP contribution < -0.4 is 16.4 Å². The van der Waals surface area contributed by atoms with Crippen molar-refractivity contribution in [2.45, 2.75) is 46.0 Å². The lowest BCUT2D eigenvalue weighted by Gasteiger charge is -2.07. The van der Waals surface area contributed by atoms with Gasteiger partial charge in [0.05, 0.1) is 0 Å². The molecule has 0 heterocycles. The molecule has 0 aliphatic heterocycles. The lowest BCUT2D eigenvalue weighted by molar-refractivity contribution is -0.135. The van der Waals surface area contributed by atoms with Gasteiger partial charge < -0.3 is 21.5 Å². The first-order chi connectivity index (χ1) is 10.2. The first-order valence-corrected chi connectivity index (χ1v) is 7.51. The number of primary amides is 1. The number of carbonyl (C=O) groups is 3. The van der Waals surface area contributed by atoms with Crippen LogP contribution in [0.4, 0.5) is 4.79 Å². The monoisotopic (exact) mass is 311 g/mol. The lowest BCUT2D eigenvalue weighted by atomic mass is 10.1. The number of rotatable bonds is 9. The molecule has 0 spiro atoms. The lowest BCUT2D eigenvalue weighted by Crippen LogP contribution is -2.30. The molecule has 0 bridgehead atoms. The highest BCUT2D eigenvalue weighted by Crippen LogP contribution is 2.51. The fourth-order valence-electron chi connectivity index (χ4n) is 2.23. The van der Waals surface area contributed by atoms with Crippen LogP contribution in [0.1, 0.15) is 46.0 Å². The molecular formula is C15H25N3O4. The molecule has 1 aliphatic carbocycles. The van der Waals surface area contributed by atoms with E-state index in [4.69, 9.17) is 10.8 Å². The molecule has 1 unspecified atom stereocenters. The van der Waals surface area contributed by atoms with Crippen molar-refractivity contribution in [2.75, 3.05) is 6.54 Å². The van der Waals surface area contributed by atoms with E-state index in [1.165, 1.54) is 6.08 Å². The summed E-state index contributed by atoms with van der Waals surface area (Å²) in [6.45, 7) is 4.49. The minimum Gasteiger partial charge on any atom is -0.477 e. The van der Waals surface area contributed by atoms with Crippen LogP contribution in [0.5, 0.6) is 0 Å². The summed E-state index contributed by atoms with van der Waals surface area (Å²) in [6, 6.07) is -0.543. The number of unbranched alkanes of at least 4 members (excludes halogenated alkanes) is 3. The van der Waals surface area contributed by atoms with Gasteiger partial charge in [0.1, 0.15) is 5.70 Å². The van der Waals surface area contributed by atoms with Gasteiger partial charge in [-0.15, -0.1) is 0 Å². The number of amides is 3. The van der Waals surface area contributed by atoms with Gasteiger partial charge in [-0.2, -0.15) is 0 Å². The van der Waals surface area contributed by atoms with Crippen molar-refractivity contribution in [3.63, 3.8) is 0 Å². The number of carbonyl (C=O) groups excluding carboxylic acids is 2. The number of hydrogen-bond donors (Lipinski definition) is 4. The summed E-state index contributed by atoms with van der Waals surface area (Å²) in [5.74, 6) is -1.44. The van der Waals surface area contributed by atoms with Crippen LogP contribution >= 0.6 is 0 Å². The molecule has 1 atom stereocenters. The van der Waals surface area contributed by atoms with E-state index in [9.17, 15) is 14.4 Å². The third-order valence-corrected chi connectivity index (χ3v) is 3.85. The molecular weight excluding hydrogens is 286 g/mol. The summed E-state index contributed by atoms with van der Waals surface area (Å²) in [4.78, 5) is 33.5. The molecule has 0 aromatic heterocycles. The Morgan fingerprint density at radius 1 is 1.27 bits per heavy atom. The third kappa shape index (κ3) is 6.15. The Balaban J connectivity index is 2.29. The summed E-state index contributed by atoms with van der Waals surface area (Å²) >= 11 is 0. The Bertz CT molecular complexity index is 471. The second-order valence-corrected chi connectivity index (χ2v) is 6.30. The van der Waals surface area contributed by atoms with Gasteiger partial charge in [-0.05, 0) is 31.1 Å². The quantitative estimate of drug-likeness (QED) is 0.379. The van der Waals surface area contributed by atoms with Crippen LogP contribution in [0.15, 0.2) is 11.8 Å². The second kappa shape index (κ2) is 7.82. The van der Waals surface area contributed by atoms with Gasteiger partial charge in [0, 0.05) is 12.5 Å². The molecule has 5 N–H and O–H groups in total. The number of carboxylic acids is 1. The van der Waals surface area contributed by atoms with E-state index in [2.05, 4.69) is 10.6 Å². The van der Waals surface area contributed by atoms with Gasteiger partial charge in [0.2, 0.25) is 5.91 Å². The van der Waals surface area contributed by atoms with Crippen molar-refractivity contribution in [1.29, 1.82) is 0 Å². The van der Waals surface area contributed by atoms with Crippen molar-refractivity contribution in [3.05, 3.63) is 11.8 Å². The molecule has 1 saturated carbocycles. The topological polar surface area (TPSA) is 122 Å². The number of nitrogens with one attached hydrogen (secondary N) is 2. The molecule has 7 nitrogen and oxygen atoms in total. The van der Waals surface area contributed by atoms with Crippen LogP contribution in [0.2, 0.25) is 0 Å². The van der Waals surface area contributed by atoms with Crippen molar-refractivity contribution < 1.29 is 19.5 Å². The van der Waals surface area contributed by atoms with E-state index in [1.807, 2.05) is 13.8 Å². The van der Waals surface area contributed by atoms with E-state index in [0.717, 1.165) is 25.7 Å². The fraction of sp³-hybridized carbons (Fsp3) is 0.667. The predicted molar refractivity (Wildman–Crippen MR) is 81.8 cm³/mol. The number of hydrogen-bond acceptors (Lipinski definition) is 3. The first-order valence-electron chi connectivity index (χ1n) is 7.51. The molecule has 0 saturated heterocycles. The minimum absolute atomic E-state index is 0.0267. The van der Waals surface area contributed by atoms with Gasteiger partial charge in [-0.25, -0.2) is 9.59 Å². The summed E-state index contributed by atoms with van der Waals surface area (Å²) < 4.78 is 0. The van der Waals surface area contributed by atoms with Crippen LogP contribution in [-0.4, -0.2) is 29.6 Å². The van der Waals surface area contributed by atoms with E-state index in [0.29, 0.717) is 13.0 Å². The number of allylic oxidation sites excluding steroid dienone is 1. The summed E-state index contributed by atoms with van der Waals surface area (Å²) in [6.07, 6.45) is 5.29. The van der Waals surface area contributed by atoms with Gasteiger partial charge in [-0.1, -0.05) is 26.3 Å². The van der Waals surface area contributed by atoms with Gasteiger partial charge >= 0.3 is 12.0 Å². The zero-order chi connectivity index (χ0) is 16.8. The third-order valence-electron chi connectivity index (χ3n) is 3.85. The highest BCUT2D eigenvalue weighted by molar-refractivity contribution is 5.94. The van der Waals surface area contributed by atoms with Crippen molar-refractivity contribution >= 4 is 17.9 Å². The Morgan fingerprint density at radius 2 is 1.91 bits per heavy atom. The molecule has 1 rings (SSSR count). The van der Waals surface area contributed by atoms with Crippen molar-refractivity contribution in [2.24, 2.45) is 17.1 Å². The van der Waals surface area contributed by atoms with Crippen LogP contribution in [0.3, 0.4) is 0 Å². The van der Waals surface area contributed by atoms with Gasteiger partial charge in [-0.3, -0.25) is 4.79 Å². The SMILES string of the molecule is CC1(C)CC1C(=O)N/C(=C/CCCCCNC(N)=O)C(=O)O. The van der Waals surface area contributed by atoms with E-state index in [1.54, 1.807) is 0 Å². The minimum atomic E-state index is -1.12. The van der Waals surface area contributed by atoms with E-state index >= 15 is 0 Å². The Kier molecular flexibility index (Phi) is 6.39. The van der Waals surface area contributed by atoms with Crippen molar-refractivity contribution in [3.8, 4) is 0 Å². The molecule has 3 amide bonds. The normalized spacial score (nSPS) is 19.4. The van der Waals surface area contributed by atoms with E-state index < -0.39 is 12.0 Å². The van der Waals surface area contributed by atoms with E-state index in [-0.39, 0.29) is 22.9 Å². The predicted octanol–water partition coefficient (Wildman–Crippen LogP) is 1.35. The molecule has 7 heteroatoms. The molecule has 1 aliphatic rings. The second-order valence-electron chi connectivity index (χ2n) is 6.30. The fourth-order valence-corrected chi connectivity index (χ4v) is 2.23. The first kappa shape index (κ1) is 18.0. The molecule has 0 aromatic rings. The van der Waals surface area contributed by atoms with Crippen molar-refractivity contribution in [1.82, 2.24) is 10.6 Å². The smallest absolute Gasteiger partial charge is 0.352 e. The molecule has 0 aromatic carbocycles. The average molecular weight is 311 g/mol. The maximum absolute atomic E-state index is 11.9. The zero-order valence-corrected chi connectivity index (χ0v) is 13.1. The maximum Gasteiger partial charge on any atom is 0.352 e. The van der Waals surface area contributed by atoms with Crippen LogP contribution in [0.25, 0.3) is 0 Å². The largest absolute Gasteiger partial charge is 0.477 e. The Morgan fingerprint density at radius 3 is 2.41 bits per heavy atom. The molecule has 0 radical (unpaired) electrons. The summed E-state index contributed by atoms with van der Waals surface area (Å²) in [5, 5.41) is 14.1. The van der Waals surface area contributed by atoms with Gasteiger partial charge in [0.15, 0.2) is 0 Å². The van der Waals surface area contributed by atoms with Crippen LogP contribution in [-0.2, 0) is 9.59 Å². The molecule has 1 fully saturated rings. The Labute approximate surface area is 130 Å². The zero-order valence-electron chi connectivity index (χ0n) is 13.1. The van der Waals surface area contributed by atoms with Crippen LogP contribution in [0, 0.1) is 11.3 Å². The number of carboxylic acid groups (broad SMARTS) is 1. The summed E-state index contributed by atoms with van der Waals surface area (Å²) in [5.41, 5.74) is 4.86. The Hall–Kier alpha value is -2.05.